The van der Waals surface area contributed by atoms with Gasteiger partial charge in [-0.15, -0.1) is 0 Å². The smallest absolute Gasteiger partial charge is 0.261 e. The molecular formula is C20H17NO3S2. The summed E-state index contributed by atoms with van der Waals surface area (Å²) in [5.41, 5.74) is 2.87. The molecule has 3 rings (SSSR count). The molecule has 0 bridgehead atoms. The van der Waals surface area contributed by atoms with Gasteiger partial charge in [-0.2, -0.15) is 11.3 Å². The fourth-order valence-electron chi connectivity index (χ4n) is 2.27. The van der Waals surface area contributed by atoms with Gasteiger partial charge in [-0.1, -0.05) is 23.8 Å². The molecule has 0 atom stereocenters. The second-order valence-corrected chi connectivity index (χ2v) is 8.21. The Balaban J connectivity index is 1.71. The van der Waals surface area contributed by atoms with Gasteiger partial charge in [0.05, 0.1) is 4.90 Å². The van der Waals surface area contributed by atoms with Gasteiger partial charge in [-0.05, 0) is 71.8 Å². The van der Waals surface area contributed by atoms with E-state index in [1.165, 1.54) is 6.08 Å². The second-order valence-electron chi connectivity index (χ2n) is 5.75. The number of anilines is 1. The Hall–Kier alpha value is -2.70. The molecule has 4 nitrogen and oxygen atoms in total. The highest BCUT2D eigenvalue weighted by molar-refractivity contribution is 7.92. The Morgan fingerprint density at radius 1 is 1.00 bits per heavy atom. The van der Waals surface area contributed by atoms with E-state index < -0.39 is 10.0 Å². The number of ketones is 1. The minimum atomic E-state index is -3.65. The molecule has 0 aliphatic rings. The maximum atomic E-state index is 12.4. The summed E-state index contributed by atoms with van der Waals surface area (Å²) < 4.78 is 27.3. The zero-order chi connectivity index (χ0) is 18.6. The number of carbonyl (C=O) groups is 1. The molecule has 0 saturated carbocycles. The lowest BCUT2D eigenvalue weighted by Gasteiger charge is -2.08. The van der Waals surface area contributed by atoms with E-state index in [9.17, 15) is 13.2 Å². The Morgan fingerprint density at radius 2 is 1.69 bits per heavy atom. The molecule has 1 N–H and O–H groups in total. The van der Waals surface area contributed by atoms with E-state index in [2.05, 4.69) is 4.72 Å². The molecule has 2 aromatic carbocycles. The maximum Gasteiger partial charge on any atom is 0.261 e. The van der Waals surface area contributed by atoms with Crippen LogP contribution < -0.4 is 4.72 Å². The van der Waals surface area contributed by atoms with Crippen molar-refractivity contribution < 1.29 is 13.2 Å². The molecule has 0 amide bonds. The van der Waals surface area contributed by atoms with Crippen LogP contribution in [0.1, 0.15) is 21.5 Å². The average molecular weight is 383 g/mol. The van der Waals surface area contributed by atoms with Crippen LogP contribution in [0.5, 0.6) is 0 Å². The summed E-state index contributed by atoms with van der Waals surface area (Å²) in [6, 6.07) is 14.9. The maximum absolute atomic E-state index is 12.4. The topological polar surface area (TPSA) is 63.2 Å². The van der Waals surface area contributed by atoms with Crippen molar-refractivity contribution in [3.8, 4) is 0 Å². The minimum absolute atomic E-state index is 0.135. The van der Waals surface area contributed by atoms with Gasteiger partial charge in [0.15, 0.2) is 5.78 Å². The highest BCUT2D eigenvalue weighted by Gasteiger charge is 2.14. The first-order valence-corrected chi connectivity index (χ1v) is 10.3. The van der Waals surface area contributed by atoms with E-state index in [1.54, 1.807) is 65.9 Å². The Kier molecular flexibility index (Phi) is 5.35. The third kappa shape index (κ3) is 4.47. The van der Waals surface area contributed by atoms with E-state index in [-0.39, 0.29) is 10.7 Å². The molecule has 132 valence electrons. The lowest BCUT2D eigenvalue weighted by Crippen LogP contribution is -2.13. The first-order valence-electron chi connectivity index (χ1n) is 7.88. The predicted molar refractivity (Wildman–Crippen MR) is 106 cm³/mol. The van der Waals surface area contributed by atoms with E-state index in [1.807, 2.05) is 23.8 Å². The number of hydrogen-bond donors (Lipinski definition) is 1. The second kappa shape index (κ2) is 7.68. The number of hydrogen-bond acceptors (Lipinski definition) is 4. The van der Waals surface area contributed by atoms with Gasteiger partial charge < -0.3 is 0 Å². The summed E-state index contributed by atoms with van der Waals surface area (Å²) >= 11 is 1.57. The summed E-state index contributed by atoms with van der Waals surface area (Å²) in [5.74, 6) is -0.135. The van der Waals surface area contributed by atoms with Crippen molar-refractivity contribution in [3.05, 3.63) is 88.1 Å². The zero-order valence-electron chi connectivity index (χ0n) is 14.0. The van der Waals surface area contributed by atoms with E-state index in [4.69, 9.17) is 0 Å². The summed E-state index contributed by atoms with van der Waals surface area (Å²) in [4.78, 5) is 12.4. The Bertz CT molecular complexity index is 1020. The lowest BCUT2D eigenvalue weighted by molar-refractivity contribution is 0.104. The molecule has 26 heavy (non-hydrogen) atoms. The Labute approximate surface area is 156 Å². The Morgan fingerprint density at radius 3 is 2.31 bits per heavy atom. The summed E-state index contributed by atoms with van der Waals surface area (Å²) in [6.07, 6.45) is 3.26. The number of allylic oxidation sites excluding steroid dienone is 1. The monoisotopic (exact) mass is 383 g/mol. The average Bonchev–Trinajstić information content (AvgIpc) is 3.14. The first-order chi connectivity index (χ1) is 12.4. The van der Waals surface area contributed by atoms with Crippen molar-refractivity contribution in [3.63, 3.8) is 0 Å². The molecular weight excluding hydrogens is 366 g/mol. The summed E-state index contributed by atoms with van der Waals surface area (Å²) in [6.45, 7) is 1.90. The van der Waals surface area contributed by atoms with Gasteiger partial charge in [-0.3, -0.25) is 9.52 Å². The standard InChI is InChI=1S/C20H17NO3S2/c1-15-2-9-19(10-3-15)26(23,24)21-18-7-5-17(6-8-18)20(22)11-4-16-12-13-25-14-16/h2-14,21H,1H3/b11-4-. The molecule has 0 spiro atoms. The van der Waals surface area contributed by atoms with Crippen LogP contribution in [0.15, 0.2) is 76.3 Å². The fraction of sp³-hybridized carbons (Fsp3) is 0.0500. The molecule has 1 aromatic heterocycles. The van der Waals surface area contributed by atoms with Gasteiger partial charge >= 0.3 is 0 Å². The molecule has 1 heterocycles. The van der Waals surface area contributed by atoms with E-state index in [0.717, 1.165) is 11.1 Å². The van der Waals surface area contributed by atoms with E-state index in [0.29, 0.717) is 11.3 Å². The molecule has 3 aromatic rings. The third-order valence-electron chi connectivity index (χ3n) is 3.72. The number of aryl methyl sites for hydroxylation is 1. The van der Waals surface area contributed by atoms with Gasteiger partial charge in [0.25, 0.3) is 10.0 Å². The molecule has 0 aliphatic heterocycles. The van der Waals surface area contributed by atoms with Crippen LogP contribution >= 0.6 is 11.3 Å². The number of sulfonamides is 1. The summed E-state index contributed by atoms with van der Waals surface area (Å²) in [5, 5.41) is 3.89. The fourth-order valence-corrected chi connectivity index (χ4v) is 3.96. The zero-order valence-corrected chi connectivity index (χ0v) is 15.7. The number of nitrogens with one attached hydrogen (secondary N) is 1. The molecule has 0 fully saturated rings. The number of rotatable bonds is 6. The van der Waals surface area contributed by atoms with Gasteiger partial charge in [0.1, 0.15) is 0 Å². The largest absolute Gasteiger partial charge is 0.289 e. The van der Waals surface area contributed by atoms with Crippen molar-refractivity contribution in [1.29, 1.82) is 0 Å². The van der Waals surface area contributed by atoms with Crippen LogP contribution in [0.2, 0.25) is 0 Å². The van der Waals surface area contributed by atoms with Crippen LogP contribution in [0.4, 0.5) is 5.69 Å². The van der Waals surface area contributed by atoms with Gasteiger partial charge in [0.2, 0.25) is 0 Å². The highest BCUT2D eigenvalue weighted by Crippen LogP contribution is 2.18. The van der Waals surface area contributed by atoms with Crippen LogP contribution in [0.25, 0.3) is 6.08 Å². The SMILES string of the molecule is Cc1ccc(S(=O)(=O)Nc2ccc(C(=O)/C=C\c3ccsc3)cc2)cc1. The van der Waals surface area contributed by atoms with Crippen molar-refractivity contribution in [1.82, 2.24) is 0 Å². The van der Waals surface area contributed by atoms with Crippen LogP contribution in [-0.4, -0.2) is 14.2 Å². The highest BCUT2D eigenvalue weighted by atomic mass is 32.2. The van der Waals surface area contributed by atoms with Crippen molar-refractivity contribution in [2.75, 3.05) is 4.72 Å². The first kappa shape index (κ1) is 18.1. The molecule has 6 heteroatoms. The number of thiophene rings is 1. The summed E-state index contributed by atoms with van der Waals surface area (Å²) in [7, 11) is -3.65. The third-order valence-corrected chi connectivity index (χ3v) is 5.82. The molecule has 0 aliphatic carbocycles. The van der Waals surface area contributed by atoms with Crippen LogP contribution in [-0.2, 0) is 10.0 Å². The molecule has 0 saturated heterocycles. The van der Waals surface area contributed by atoms with Crippen molar-refractivity contribution in [2.45, 2.75) is 11.8 Å². The van der Waals surface area contributed by atoms with Crippen molar-refractivity contribution in [2.24, 2.45) is 0 Å². The van der Waals surface area contributed by atoms with Crippen molar-refractivity contribution >= 4 is 38.9 Å². The molecule has 0 radical (unpaired) electrons. The van der Waals surface area contributed by atoms with Gasteiger partial charge in [-0.25, -0.2) is 8.42 Å². The van der Waals surface area contributed by atoms with Crippen LogP contribution in [0.3, 0.4) is 0 Å². The quantitative estimate of drug-likeness (QED) is 0.493. The number of carbonyl (C=O) groups excluding carboxylic acids is 1. The molecule has 0 unspecified atom stereocenters. The van der Waals surface area contributed by atoms with E-state index >= 15 is 0 Å². The minimum Gasteiger partial charge on any atom is -0.289 e. The predicted octanol–water partition coefficient (Wildman–Crippen LogP) is 4.75. The van der Waals surface area contributed by atoms with Gasteiger partial charge in [0, 0.05) is 11.3 Å². The normalized spacial score (nSPS) is 11.6. The lowest BCUT2D eigenvalue weighted by atomic mass is 10.1. The number of benzene rings is 2. The van der Waals surface area contributed by atoms with Crippen LogP contribution in [0, 0.1) is 6.92 Å².